The molecule has 0 aliphatic carbocycles. The molecule has 102 valence electrons. The van der Waals surface area contributed by atoms with E-state index in [1.807, 2.05) is 0 Å². The maximum atomic E-state index is 3.65. The van der Waals surface area contributed by atoms with Crippen molar-refractivity contribution in [3.8, 4) is 0 Å². The molecule has 0 aliphatic heterocycles. The lowest BCUT2D eigenvalue weighted by Gasteiger charge is -2.22. The van der Waals surface area contributed by atoms with Crippen molar-refractivity contribution in [2.45, 2.75) is 39.7 Å². The maximum absolute atomic E-state index is 3.65. The second-order valence-electron chi connectivity index (χ2n) is 5.09. The van der Waals surface area contributed by atoms with Crippen LogP contribution in [-0.4, -0.2) is 6.54 Å². The Morgan fingerprint density at radius 2 is 1.89 bits per heavy atom. The van der Waals surface area contributed by atoms with E-state index >= 15 is 0 Å². The van der Waals surface area contributed by atoms with E-state index in [0.29, 0.717) is 6.04 Å². The van der Waals surface area contributed by atoms with Gasteiger partial charge in [-0.15, -0.1) is 0 Å². The summed E-state index contributed by atoms with van der Waals surface area (Å²) < 4.78 is 0. The van der Waals surface area contributed by atoms with Crippen molar-refractivity contribution in [3.63, 3.8) is 0 Å². The van der Waals surface area contributed by atoms with Gasteiger partial charge < -0.3 is 5.32 Å². The van der Waals surface area contributed by atoms with Gasteiger partial charge in [-0.25, -0.2) is 0 Å². The van der Waals surface area contributed by atoms with Crippen LogP contribution in [0.15, 0.2) is 35.0 Å². The molecule has 1 heterocycles. The minimum absolute atomic E-state index is 0.464. The van der Waals surface area contributed by atoms with Crippen LogP contribution >= 0.6 is 11.3 Å². The monoisotopic (exact) mass is 273 g/mol. The Morgan fingerprint density at radius 3 is 2.47 bits per heavy atom. The molecular formula is C17H23NS. The van der Waals surface area contributed by atoms with Crippen molar-refractivity contribution < 1.29 is 0 Å². The number of nitrogens with one attached hydrogen (secondary N) is 1. The van der Waals surface area contributed by atoms with E-state index in [1.54, 1.807) is 11.3 Å². The Kier molecular flexibility index (Phi) is 5.17. The van der Waals surface area contributed by atoms with Crippen LogP contribution in [0.2, 0.25) is 0 Å². The number of thiophene rings is 1. The third kappa shape index (κ3) is 3.68. The molecule has 1 unspecified atom stereocenters. The van der Waals surface area contributed by atoms with Crippen molar-refractivity contribution in [3.05, 3.63) is 57.3 Å². The first-order valence-electron chi connectivity index (χ1n) is 7.03. The summed E-state index contributed by atoms with van der Waals surface area (Å²) in [6.45, 7) is 7.64. The molecule has 0 bridgehead atoms. The van der Waals surface area contributed by atoms with E-state index in [2.05, 4.69) is 61.1 Å². The highest BCUT2D eigenvalue weighted by molar-refractivity contribution is 7.07. The summed E-state index contributed by atoms with van der Waals surface area (Å²) in [5.74, 6) is 0. The van der Waals surface area contributed by atoms with Gasteiger partial charge in [-0.05, 0) is 72.3 Å². The van der Waals surface area contributed by atoms with Crippen molar-refractivity contribution in [2.24, 2.45) is 0 Å². The molecule has 1 aromatic carbocycles. The predicted molar refractivity (Wildman–Crippen MR) is 85.0 cm³/mol. The summed E-state index contributed by atoms with van der Waals surface area (Å²) in [6.07, 6.45) is 2.31. The van der Waals surface area contributed by atoms with Crippen LogP contribution in [0, 0.1) is 13.8 Å². The fraction of sp³-hybridized carbons (Fsp3) is 0.412. The third-order valence-electron chi connectivity index (χ3n) is 3.64. The summed E-state index contributed by atoms with van der Waals surface area (Å²) in [6, 6.07) is 9.29. The zero-order chi connectivity index (χ0) is 13.7. The summed E-state index contributed by atoms with van der Waals surface area (Å²) in [4.78, 5) is 0. The Balaban J connectivity index is 2.15. The molecule has 2 aromatic rings. The van der Waals surface area contributed by atoms with Crippen LogP contribution in [0.3, 0.4) is 0 Å². The van der Waals surface area contributed by atoms with Crippen LogP contribution in [0.4, 0.5) is 0 Å². The standard InChI is InChI=1S/C17H23NS/c1-4-18-16(9-8-15-10-11-19-12-15)17-13(2)6-5-7-14(17)3/h5-7,10-12,16,18H,4,8-9H2,1-3H3. The maximum Gasteiger partial charge on any atom is 0.0328 e. The first-order chi connectivity index (χ1) is 9.22. The van der Waals surface area contributed by atoms with Gasteiger partial charge in [0.1, 0.15) is 0 Å². The molecule has 0 aliphatic rings. The lowest BCUT2D eigenvalue weighted by molar-refractivity contribution is 0.511. The topological polar surface area (TPSA) is 12.0 Å². The van der Waals surface area contributed by atoms with Crippen LogP contribution in [-0.2, 0) is 6.42 Å². The highest BCUT2D eigenvalue weighted by atomic mass is 32.1. The van der Waals surface area contributed by atoms with Gasteiger partial charge in [0.2, 0.25) is 0 Å². The first kappa shape index (κ1) is 14.3. The molecule has 0 radical (unpaired) electrons. The van der Waals surface area contributed by atoms with Crippen LogP contribution < -0.4 is 5.32 Å². The average molecular weight is 273 g/mol. The van der Waals surface area contributed by atoms with E-state index < -0.39 is 0 Å². The molecule has 1 atom stereocenters. The smallest absolute Gasteiger partial charge is 0.0328 e. The van der Waals surface area contributed by atoms with Crippen molar-refractivity contribution in [2.75, 3.05) is 6.54 Å². The molecule has 1 nitrogen and oxygen atoms in total. The van der Waals surface area contributed by atoms with Crippen LogP contribution in [0.25, 0.3) is 0 Å². The molecule has 2 heteroatoms. The first-order valence-corrected chi connectivity index (χ1v) is 7.97. The Bertz CT molecular complexity index is 482. The second kappa shape index (κ2) is 6.88. The summed E-state index contributed by atoms with van der Waals surface area (Å²) >= 11 is 1.79. The molecule has 1 N–H and O–H groups in total. The van der Waals surface area contributed by atoms with E-state index in [9.17, 15) is 0 Å². The molecule has 0 saturated carbocycles. The molecule has 0 saturated heterocycles. The van der Waals surface area contributed by atoms with Gasteiger partial charge in [-0.2, -0.15) is 11.3 Å². The normalized spacial score (nSPS) is 12.6. The minimum atomic E-state index is 0.464. The van der Waals surface area contributed by atoms with E-state index in [-0.39, 0.29) is 0 Å². The number of rotatable bonds is 6. The van der Waals surface area contributed by atoms with Crippen molar-refractivity contribution >= 4 is 11.3 Å². The predicted octanol–water partition coefficient (Wildman–Crippen LogP) is 4.65. The van der Waals surface area contributed by atoms with Gasteiger partial charge in [0.15, 0.2) is 0 Å². The van der Waals surface area contributed by atoms with Crippen LogP contribution in [0.5, 0.6) is 0 Å². The van der Waals surface area contributed by atoms with Crippen molar-refractivity contribution in [1.82, 2.24) is 5.32 Å². The quantitative estimate of drug-likeness (QED) is 0.808. The summed E-state index contributed by atoms with van der Waals surface area (Å²) in [7, 11) is 0. The molecule has 0 amide bonds. The lowest BCUT2D eigenvalue weighted by atomic mass is 9.92. The Hall–Kier alpha value is -1.12. The minimum Gasteiger partial charge on any atom is -0.310 e. The van der Waals surface area contributed by atoms with Gasteiger partial charge in [-0.1, -0.05) is 25.1 Å². The number of benzene rings is 1. The molecule has 0 fully saturated rings. The second-order valence-corrected chi connectivity index (χ2v) is 5.87. The largest absolute Gasteiger partial charge is 0.310 e. The number of hydrogen-bond acceptors (Lipinski definition) is 2. The van der Waals surface area contributed by atoms with Gasteiger partial charge in [-0.3, -0.25) is 0 Å². The van der Waals surface area contributed by atoms with Crippen molar-refractivity contribution in [1.29, 1.82) is 0 Å². The zero-order valence-corrected chi connectivity index (χ0v) is 12.9. The fourth-order valence-electron chi connectivity index (χ4n) is 2.72. The van der Waals surface area contributed by atoms with E-state index in [4.69, 9.17) is 0 Å². The highest BCUT2D eigenvalue weighted by Gasteiger charge is 2.15. The van der Waals surface area contributed by atoms with Gasteiger partial charge >= 0.3 is 0 Å². The average Bonchev–Trinajstić information content (AvgIpc) is 2.88. The number of hydrogen-bond donors (Lipinski definition) is 1. The molecular weight excluding hydrogens is 250 g/mol. The molecule has 0 spiro atoms. The fourth-order valence-corrected chi connectivity index (χ4v) is 3.42. The molecule has 19 heavy (non-hydrogen) atoms. The van der Waals surface area contributed by atoms with Gasteiger partial charge in [0.05, 0.1) is 0 Å². The zero-order valence-electron chi connectivity index (χ0n) is 12.1. The third-order valence-corrected chi connectivity index (χ3v) is 4.37. The summed E-state index contributed by atoms with van der Waals surface area (Å²) in [5, 5.41) is 8.07. The van der Waals surface area contributed by atoms with E-state index in [1.165, 1.54) is 22.3 Å². The lowest BCUT2D eigenvalue weighted by Crippen LogP contribution is -2.23. The summed E-state index contributed by atoms with van der Waals surface area (Å²) in [5.41, 5.74) is 5.74. The Morgan fingerprint density at radius 1 is 1.16 bits per heavy atom. The molecule has 2 rings (SSSR count). The number of aryl methyl sites for hydroxylation is 3. The SMILES string of the molecule is CCNC(CCc1ccsc1)c1c(C)cccc1C. The Labute approximate surface area is 120 Å². The highest BCUT2D eigenvalue weighted by Crippen LogP contribution is 2.26. The van der Waals surface area contributed by atoms with E-state index in [0.717, 1.165) is 19.4 Å². The molecule has 1 aromatic heterocycles. The van der Waals surface area contributed by atoms with Crippen LogP contribution in [0.1, 0.15) is 41.6 Å². The van der Waals surface area contributed by atoms with Gasteiger partial charge in [0.25, 0.3) is 0 Å². The van der Waals surface area contributed by atoms with Gasteiger partial charge in [0, 0.05) is 6.04 Å².